The van der Waals surface area contributed by atoms with Gasteiger partial charge in [0.15, 0.2) is 0 Å². The van der Waals surface area contributed by atoms with Gasteiger partial charge in [-0.2, -0.15) is 0 Å². The molecule has 0 atom stereocenters. The Morgan fingerprint density at radius 2 is 1.94 bits per heavy atom. The zero-order valence-electron chi connectivity index (χ0n) is 8.52. The summed E-state index contributed by atoms with van der Waals surface area (Å²) in [7, 11) is 0. The van der Waals surface area contributed by atoms with E-state index in [2.05, 4.69) is 4.98 Å². The van der Waals surface area contributed by atoms with Crippen molar-refractivity contribution in [2.75, 3.05) is 0 Å². The first-order valence-corrected chi connectivity index (χ1v) is 5.48. The van der Waals surface area contributed by atoms with Crippen molar-refractivity contribution in [2.24, 2.45) is 0 Å². The van der Waals surface area contributed by atoms with Crippen LogP contribution in [0.15, 0.2) is 36.4 Å². The van der Waals surface area contributed by atoms with Gasteiger partial charge in [-0.1, -0.05) is 35.3 Å². The van der Waals surface area contributed by atoms with Crippen LogP contribution in [-0.2, 0) is 0 Å². The van der Waals surface area contributed by atoms with E-state index in [1.807, 2.05) is 0 Å². The van der Waals surface area contributed by atoms with Crippen LogP contribution >= 0.6 is 23.2 Å². The summed E-state index contributed by atoms with van der Waals surface area (Å²) in [6, 6.07) is 9.74. The second kappa shape index (κ2) is 4.73. The van der Waals surface area contributed by atoms with Crippen molar-refractivity contribution in [3.63, 3.8) is 0 Å². The summed E-state index contributed by atoms with van der Waals surface area (Å²) in [5.74, 6) is -1.04. The highest BCUT2D eigenvalue weighted by Crippen LogP contribution is 2.23. The second-order valence-corrected chi connectivity index (χ2v) is 4.20. The van der Waals surface area contributed by atoms with Crippen LogP contribution in [0.1, 0.15) is 10.4 Å². The molecule has 17 heavy (non-hydrogen) atoms. The van der Waals surface area contributed by atoms with E-state index in [4.69, 9.17) is 28.3 Å². The molecule has 2 rings (SSSR count). The van der Waals surface area contributed by atoms with Crippen molar-refractivity contribution in [1.82, 2.24) is 4.98 Å². The first-order chi connectivity index (χ1) is 8.06. The lowest BCUT2D eigenvalue weighted by Gasteiger charge is -2.04. The van der Waals surface area contributed by atoms with Gasteiger partial charge in [-0.05, 0) is 24.3 Å². The van der Waals surface area contributed by atoms with Crippen LogP contribution in [0.4, 0.5) is 0 Å². The molecular weight excluding hydrogens is 261 g/mol. The molecule has 0 bridgehead atoms. The molecule has 3 nitrogen and oxygen atoms in total. The Labute approximate surface area is 108 Å². The Morgan fingerprint density at radius 1 is 1.18 bits per heavy atom. The summed E-state index contributed by atoms with van der Waals surface area (Å²) >= 11 is 11.6. The number of aromatic carboxylic acids is 1. The molecule has 2 aromatic rings. The number of aromatic nitrogens is 1. The molecule has 0 radical (unpaired) electrons. The molecule has 0 unspecified atom stereocenters. The van der Waals surface area contributed by atoms with Crippen LogP contribution in [0.5, 0.6) is 0 Å². The summed E-state index contributed by atoms with van der Waals surface area (Å²) in [6.45, 7) is 0. The number of hydrogen-bond donors (Lipinski definition) is 1. The van der Waals surface area contributed by atoms with Crippen molar-refractivity contribution in [2.45, 2.75) is 0 Å². The molecule has 5 heteroatoms. The minimum atomic E-state index is -1.04. The quantitative estimate of drug-likeness (QED) is 0.844. The van der Waals surface area contributed by atoms with Gasteiger partial charge < -0.3 is 5.11 Å². The second-order valence-electron chi connectivity index (χ2n) is 3.38. The molecule has 1 heterocycles. The number of nitrogens with zero attached hydrogens (tertiary/aromatic N) is 1. The summed E-state index contributed by atoms with van der Waals surface area (Å²) in [5, 5.41) is 9.62. The zero-order chi connectivity index (χ0) is 12.4. The van der Waals surface area contributed by atoms with Crippen LogP contribution < -0.4 is 0 Å². The third-order valence-electron chi connectivity index (χ3n) is 2.16. The number of carbonyl (C=O) groups is 1. The Kier molecular flexibility index (Phi) is 3.31. The molecule has 0 aliphatic heterocycles. The largest absolute Gasteiger partial charge is 0.478 e. The van der Waals surface area contributed by atoms with Crippen molar-refractivity contribution >= 4 is 29.2 Å². The maximum Gasteiger partial charge on any atom is 0.335 e. The molecule has 0 aliphatic carbocycles. The summed E-state index contributed by atoms with van der Waals surface area (Å²) < 4.78 is 0. The SMILES string of the molecule is O=C(O)c1cc(Cl)nc(-c2cccc(Cl)c2)c1. The van der Waals surface area contributed by atoms with Crippen LogP contribution in [0.2, 0.25) is 10.2 Å². The minimum absolute atomic E-state index is 0.0972. The number of pyridine rings is 1. The molecule has 0 amide bonds. The first-order valence-electron chi connectivity index (χ1n) is 4.73. The lowest BCUT2D eigenvalue weighted by atomic mass is 10.1. The lowest BCUT2D eigenvalue weighted by Crippen LogP contribution is -1.98. The number of carboxylic acid groups (broad SMARTS) is 1. The maximum atomic E-state index is 10.9. The number of hydrogen-bond acceptors (Lipinski definition) is 2. The molecule has 0 spiro atoms. The molecule has 0 saturated heterocycles. The molecular formula is C12H7Cl2NO2. The highest BCUT2D eigenvalue weighted by Gasteiger charge is 2.09. The van der Waals surface area contributed by atoms with Gasteiger partial charge in [0, 0.05) is 10.6 Å². The fraction of sp³-hybridized carbons (Fsp3) is 0. The molecule has 86 valence electrons. The van der Waals surface area contributed by atoms with E-state index in [0.717, 1.165) is 5.56 Å². The molecule has 0 saturated carbocycles. The Balaban J connectivity index is 2.56. The van der Waals surface area contributed by atoms with Gasteiger partial charge in [0.05, 0.1) is 11.3 Å². The smallest absolute Gasteiger partial charge is 0.335 e. The monoisotopic (exact) mass is 267 g/mol. The predicted octanol–water partition coefficient (Wildman–Crippen LogP) is 3.75. The zero-order valence-corrected chi connectivity index (χ0v) is 10.0. The summed E-state index contributed by atoms with van der Waals surface area (Å²) in [6.07, 6.45) is 0. The van der Waals surface area contributed by atoms with Gasteiger partial charge >= 0.3 is 5.97 Å². The van der Waals surface area contributed by atoms with Gasteiger partial charge in [-0.15, -0.1) is 0 Å². The van der Waals surface area contributed by atoms with E-state index in [-0.39, 0.29) is 10.7 Å². The van der Waals surface area contributed by atoms with Crippen LogP contribution in [0, 0.1) is 0 Å². The number of halogens is 2. The van der Waals surface area contributed by atoms with Gasteiger partial charge in [0.1, 0.15) is 5.15 Å². The maximum absolute atomic E-state index is 10.9. The summed E-state index contributed by atoms with van der Waals surface area (Å²) in [4.78, 5) is 15.0. The van der Waals surface area contributed by atoms with Crippen molar-refractivity contribution in [3.8, 4) is 11.3 Å². The van der Waals surface area contributed by atoms with E-state index >= 15 is 0 Å². The topological polar surface area (TPSA) is 50.2 Å². The normalized spacial score (nSPS) is 10.2. The third-order valence-corrected chi connectivity index (χ3v) is 2.59. The van der Waals surface area contributed by atoms with Crippen molar-refractivity contribution < 1.29 is 9.90 Å². The average molecular weight is 268 g/mol. The average Bonchev–Trinajstić information content (AvgIpc) is 2.28. The molecule has 0 fully saturated rings. The Morgan fingerprint density at radius 3 is 2.59 bits per heavy atom. The third kappa shape index (κ3) is 2.75. The van der Waals surface area contributed by atoms with E-state index in [0.29, 0.717) is 10.7 Å². The highest BCUT2D eigenvalue weighted by atomic mass is 35.5. The number of rotatable bonds is 2. The van der Waals surface area contributed by atoms with Gasteiger partial charge in [-0.3, -0.25) is 0 Å². The minimum Gasteiger partial charge on any atom is -0.478 e. The highest BCUT2D eigenvalue weighted by molar-refractivity contribution is 6.31. The van der Waals surface area contributed by atoms with Crippen molar-refractivity contribution in [3.05, 3.63) is 52.1 Å². The van der Waals surface area contributed by atoms with E-state index in [1.165, 1.54) is 12.1 Å². The van der Waals surface area contributed by atoms with Gasteiger partial charge in [0.25, 0.3) is 0 Å². The van der Waals surface area contributed by atoms with E-state index < -0.39 is 5.97 Å². The summed E-state index contributed by atoms with van der Waals surface area (Å²) in [5.41, 5.74) is 1.31. The van der Waals surface area contributed by atoms with Crippen molar-refractivity contribution in [1.29, 1.82) is 0 Å². The van der Waals surface area contributed by atoms with Gasteiger partial charge in [-0.25, -0.2) is 9.78 Å². The van der Waals surface area contributed by atoms with E-state index in [1.54, 1.807) is 24.3 Å². The molecule has 1 N–H and O–H groups in total. The predicted molar refractivity (Wildman–Crippen MR) is 66.7 cm³/mol. The van der Waals surface area contributed by atoms with Gasteiger partial charge in [0.2, 0.25) is 0 Å². The van der Waals surface area contributed by atoms with Crippen LogP contribution in [0.3, 0.4) is 0 Å². The lowest BCUT2D eigenvalue weighted by molar-refractivity contribution is 0.0697. The number of carboxylic acids is 1. The first kappa shape index (κ1) is 11.9. The number of benzene rings is 1. The standard InChI is InChI=1S/C12H7Cl2NO2/c13-9-3-1-2-7(4-9)10-5-8(12(16)17)6-11(14)15-10/h1-6H,(H,16,17). The Hall–Kier alpha value is -1.58. The molecule has 0 aliphatic rings. The van der Waals surface area contributed by atoms with Crippen LogP contribution in [0.25, 0.3) is 11.3 Å². The fourth-order valence-corrected chi connectivity index (χ4v) is 1.81. The fourth-order valence-electron chi connectivity index (χ4n) is 1.42. The van der Waals surface area contributed by atoms with Crippen LogP contribution in [-0.4, -0.2) is 16.1 Å². The molecule has 1 aromatic heterocycles. The molecule has 1 aromatic carbocycles. The van der Waals surface area contributed by atoms with E-state index in [9.17, 15) is 4.79 Å². The Bertz CT molecular complexity index is 584.